The normalized spacial score (nSPS) is 18.2. The molecule has 1 aromatic heterocycles. The summed E-state index contributed by atoms with van der Waals surface area (Å²) in [6.07, 6.45) is 6.25. The van der Waals surface area contributed by atoms with E-state index in [9.17, 15) is 13.2 Å². The van der Waals surface area contributed by atoms with Crippen LogP contribution >= 0.6 is 0 Å². The number of hydrogen-bond acceptors (Lipinski definition) is 4. The first-order valence-corrected chi connectivity index (χ1v) is 13.2. The Balaban J connectivity index is 1.26. The van der Waals surface area contributed by atoms with Crippen LogP contribution in [-0.4, -0.2) is 31.5 Å². The summed E-state index contributed by atoms with van der Waals surface area (Å²) < 4.78 is 28.7. The molecule has 2 amide bonds. The highest BCUT2D eigenvalue weighted by Gasteiger charge is 2.26. The van der Waals surface area contributed by atoms with E-state index in [2.05, 4.69) is 20.3 Å². The third-order valence-corrected chi connectivity index (χ3v) is 7.42. The number of nitrogens with one attached hydrogen (secondary N) is 3. The fraction of sp³-hybridized carbons (Fsp3) is 0.308. The highest BCUT2D eigenvalue weighted by Crippen LogP contribution is 2.26. The molecule has 0 unspecified atom stereocenters. The maximum Gasteiger partial charge on any atom is 0.315 e. The molecule has 1 aliphatic rings. The molecule has 34 heavy (non-hydrogen) atoms. The summed E-state index contributed by atoms with van der Waals surface area (Å²) in [4.78, 5) is 16.2. The van der Waals surface area contributed by atoms with Gasteiger partial charge in [-0.05, 0) is 54.0 Å². The first kappa shape index (κ1) is 23.9. The minimum absolute atomic E-state index is 0.0356. The van der Waals surface area contributed by atoms with Crippen LogP contribution in [0.15, 0.2) is 79.1 Å². The molecule has 3 N–H and O–H groups in total. The van der Waals surface area contributed by atoms with Crippen molar-refractivity contribution >= 4 is 16.1 Å². The topological polar surface area (TPSA) is 100 Å². The van der Waals surface area contributed by atoms with Gasteiger partial charge in [-0.25, -0.2) is 17.9 Å². The Morgan fingerprint density at radius 3 is 2.32 bits per heavy atom. The highest BCUT2D eigenvalue weighted by molar-refractivity contribution is 7.88. The summed E-state index contributed by atoms with van der Waals surface area (Å²) in [7, 11) is -3.50. The van der Waals surface area contributed by atoms with Gasteiger partial charge in [-0.3, -0.25) is 4.98 Å². The average Bonchev–Trinajstić information content (AvgIpc) is 2.85. The Kier molecular flexibility index (Phi) is 7.92. The molecule has 3 aromatic rings. The van der Waals surface area contributed by atoms with Crippen LogP contribution in [0.25, 0.3) is 11.1 Å². The monoisotopic (exact) mass is 478 g/mol. The van der Waals surface area contributed by atoms with Gasteiger partial charge in [-0.2, -0.15) is 0 Å². The van der Waals surface area contributed by atoms with Crippen LogP contribution in [0, 0.1) is 0 Å². The number of urea groups is 1. The van der Waals surface area contributed by atoms with Crippen molar-refractivity contribution in [2.45, 2.75) is 50.1 Å². The number of hydrogen-bond donors (Lipinski definition) is 3. The van der Waals surface area contributed by atoms with Gasteiger partial charge in [0.15, 0.2) is 0 Å². The maximum atomic E-state index is 12.9. The standard InChI is InChI=1S/C26H30N4O3S/c31-26(28-18-20-7-6-16-27-17-20)29-23-12-14-24(15-13-23)30-34(32,33)19-22-10-4-5-11-25(22)21-8-2-1-3-9-21/h1-11,16-17,23-24,30H,12-15,18-19H2,(H2,28,29,31)/t23-,24-. The quantitative estimate of drug-likeness (QED) is 0.456. The molecule has 0 spiro atoms. The molecule has 0 saturated heterocycles. The molecule has 0 aliphatic heterocycles. The van der Waals surface area contributed by atoms with Gasteiger partial charge >= 0.3 is 6.03 Å². The number of sulfonamides is 1. The lowest BCUT2D eigenvalue weighted by atomic mass is 9.92. The van der Waals surface area contributed by atoms with Crippen molar-refractivity contribution in [1.29, 1.82) is 0 Å². The Morgan fingerprint density at radius 2 is 1.59 bits per heavy atom. The minimum Gasteiger partial charge on any atom is -0.335 e. The minimum atomic E-state index is -3.50. The lowest BCUT2D eigenvalue weighted by Crippen LogP contribution is -2.46. The molecule has 1 aliphatic carbocycles. The average molecular weight is 479 g/mol. The van der Waals surface area contributed by atoms with E-state index in [1.807, 2.05) is 66.7 Å². The van der Waals surface area contributed by atoms with Crippen molar-refractivity contribution in [1.82, 2.24) is 20.3 Å². The molecule has 178 valence electrons. The van der Waals surface area contributed by atoms with E-state index in [-0.39, 0.29) is 23.9 Å². The molecular weight excluding hydrogens is 448 g/mol. The van der Waals surface area contributed by atoms with Crippen LogP contribution < -0.4 is 15.4 Å². The third kappa shape index (κ3) is 6.88. The number of benzene rings is 2. The Bertz CT molecular complexity index is 1180. The summed E-state index contributed by atoms with van der Waals surface area (Å²) in [5, 5.41) is 5.83. The fourth-order valence-electron chi connectivity index (χ4n) is 4.32. The van der Waals surface area contributed by atoms with Crippen molar-refractivity contribution in [3.05, 3.63) is 90.3 Å². The van der Waals surface area contributed by atoms with Gasteiger partial charge in [0.05, 0.1) is 5.75 Å². The van der Waals surface area contributed by atoms with E-state index < -0.39 is 10.0 Å². The van der Waals surface area contributed by atoms with E-state index in [4.69, 9.17) is 0 Å². The van der Waals surface area contributed by atoms with Crippen LogP contribution in [0.3, 0.4) is 0 Å². The lowest BCUT2D eigenvalue weighted by Gasteiger charge is -2.29. The molecule has 1 heterocycles. The van der Waals surface area contributed by atoms with Crippen LogP contribution in [0.2, 0.25) is 0 Å². The van der Waals surface area contributed by atoms with Crippen LogP contribution in [0.1, 0.15) is 36.8 Å². The Hall–Kier alpha value is -3.23. The Morgan fingerprint density at radius 1 is 0.882 bits per heavy atom. The van der Waals surface area contributed by atoms with E-state index >= 15 is 0 Å². The van der Waals surface area contributed by atoms with E-state index in [1.54, 1.807) is 12.4 Å². The SMILES string of the molecule is O=C(NCc1cccnc1)N[C@H]1CC[C@H](NS(=O)(=O)Cc2ccccc2-c2ccccc2)CC1. The first-order valence-electron chi connectivity index (χ1n) is 11.5. The van der Waals surface area contributed by atoms with Crippen LogP contribution in [-0.2, 0) is 22.3 Å². The second-order valence-electron chi connectivity index (χ2n) is 8.64. The smallest absolute Gasteiger partial charge is 0.315 e. The van der Waals surface area contributed by atoms with Crippen LogP contribution in [0.5, 0.6) is 0 Å². The number of pyridine rings is 1. The lowest BCUT2D eigenvalue weighted by molar-refractivity contribution is 0.230. The van der Waals surface area contributed by atoms with Crippen LogP contribution in [0.4, 0.5) is 4.79 Å². The van der Waals surface area contributed by atoms with Crippen molar-refractivity contribution in [3.63, 3.8) is 0 Å². The molecule has 4 rings (SSSR count). The summed E-state index contributed by atoms with van der Waals surface area (Å²) in [5.41, 5.74) is 3.65. The van der Waals surface area contributed by atoms with Gasteiger partial charge in [-0.15, -0.1) is 0 Å². The second-order valence-corrected chi connectivity index (χ2v) is 10.4. The molecule has 1 fully saturated rings. The largest absolute Gasteiger partial charge is 0.335 e. The van der Waals surface area contributed by atoms with Crippen molar-refractivity contribution in [2.24, 2.45) is 0 Å². The number of amides is 2. The van der Waals surface area contributed by atoms with Gasteiger partial charge < -0.3 is 10.6 Å². The summed E-state index contributed by atoms with van der Waals surface area (Å²) in [6.45, 7) is 0.416. The number of nitrogens with zero attached hydrogens (tertiary/aromatic N) is 1. The second kappa shape index (κ2) is 11.3. The number of aromatic nitrogens is 1. The first-order chi connectivity index (χ1) is 16.5. The molecule has 0 radical (unpaired) electrons. The predicted molar refractivity (Wildman–Crippen MR) is 133 cm³/mol. The van der Waals surface area contributed by atoms with E-state index in [1.165, 1.54) is 0 Å². The third-order valence-electron chi connectivity index (χ3n) is 6.03. The summed E-state index contributed by atoms with van der Waals surface area (Å²) in [5.74, 6) is -0.0625. The van der Waals surface area contributed by atoms with Crippen molar-refractivity contribution < 1.29 is 13.2 Å². The number of carbonyl (C=O) groups excluding carboxylic acids is 1. The van der Waals surface area contributed by atoms with Crippen molar-refractivity contribution in [3.8, 4) is 11.1 Å². The van der Waals surface area contributed by atoms with Crippen molar-refractivity contribution in [2.75, 3.05) is 0 Å². The zero-order chi connectivity index (χ0) is 23.8. The van der Waals surface area contributed by atoms with Gasteiger partial charge in [0.25, 0.3) is 0 Å². The molecule has 2 aromatic carbocycles. The molecule has 0 bridgehead atoms. The Labute approximate surface area is 201 Å². The van der Waals surface area contributed by atoms with E-state index in [0.717, 1.165) is 35.1 Å². The predicted octanol–water partition coefficient (Wildman–Crippen LogP) is 3.98. The zero-order valence-corrected chi connectivity index (χ0v) is 19.8. The highest BCUT2D eigenvalue weighted by atomic mass is 32.2. The summed E-state index contributed by atoms with van der Waals surface area (Å²) >= 11 is 0. The fourth-order valence-corrected chi connectivity index (χ4v) is 5.81. The van der Waals surface area contributed by atoms with Gasteiger partial charge in [0.1, 0.15) is 0 Å². The molecule has 8 heteroatoms. The molecule has 7 nitrogen and oxygen atoms in total. The van der Waals surface area contributed by atoms with Gasteiger partial charge in [0, 0.05) is 31.0 Å². The number of rotatable bonds is 8. The zero-order valence-electron chi connectivity index (χ0n) is 19.0. The maximum absolute atomic E-state index is 12.9. The molecule has 0 atom stereocenters. The van der Waals surface area contributed by atoms with E-state index in [0.29, 0.717) is 19.4 Å². The van der Waals surface area contributed by atoms with Gasteiger partial charge in [0.2, 0.25) is 10.0 Å². The van der Waals surface area contributed by atoms with Gasteiger partial charge in [-0.1, -0.05) is 60.7 Å². The molecule has 1 saturated carbocycles. The molecular formula is C26H30N4O3S. The number of carbonyl (C=O) groups is 1. The summed E-state index contributed by atoms with van der Waals surface area (Å²) in [6, 6.07) is 20.9.